The minimum atomic E-state index is 0.821. The quantitative estimate of drug-likeness (QED) is 0.826. The van der Waals surface area contributed by atoms with Gasteiger partial charge in [-0.25, -0.2) is 0 Å². The first-order valence-electron chi connectivity index (χ1n) is 6.82. The van der Waals surface area contributed by atoms with E-state index in [1.54, 1.807) is 0 Å². The Balaban J connectivity index is 1.95. The van der Waals surface area contributed by atoms with Crippen molar-refractivity contribution in [3.05, 3.63) is 53.9 Å². The molecule has 0 aliphatic rings. The fraction of sp³-hybridized carbons (Fsp3) is 0.312. The van der Waals surface area contributed by atoms with E-state index in [1.165, 1.54) is 11.1 Å². The highest BCUT2D eigenvalue weighted by Gasteiger charge is 1.97. The molecule has 1 aromatic carbocycles. The Morgan fingerprint density at radius 1 is 0.895 bits per heavy atom. The highest BCUT2D eigenvalue weighted by Crippen LogP contribution is 2.14. The highest BCUT2D eigenvalue weighted by molar-refractivity contribution is 5.54. The lowest BCUT2D eigenvalue weighted by molar-refractivity contribution is 1.10. The van der Waals surface area contributed by atoms with Crippen LogP contribution in [0.2, 0.25) is 0 Å². The minimum Gasteiger partial charge on any atom is -0.384 e. The van der Waals surface area contributed by atoms with Gasteiger partial charge in [-0.05, 0) is 30.5 Å². The number of aryl methyl sites for hydroxylation is 1. The van der Waals surface area contributed by atoms with E-state index >= 15 is 0 Å². The second-order valence-corrected chi connectivity index (χ2v) is 4.52. The van der Waals surface area contributed by atoms with Crippen LogP contribution in [-0.2, 0) is 13.0 Å². The number of rotatable bonds is 6. The van der Waals surface area contributed by atoms with Gasteiger partial charge in [-0.3, -0.25) is 4.98 Å². The molecule has 100 valence electrons. The van der Waals surface area contributed by atoms with Gasteiger partial charge in [-0.2, -0.15) is 0 Å². The van der Waals surface area contributed by atoms with Crippen LogP contribution in [0.4, 0.5) is 11.4 Å². The molecule has 0 saturated heterocycles. The summed E-state index contributed by atoms with van der Waals surface area (Å²) in [5.41, 5.74) is 4.75. The number of hydrogen-bond donors (Lipinski definition) is 2. The Morgan fingerprint density at radius 3 is 2.16 bits per heavy atom. The minimum absolute atomic E-state index is 0.821. The van der Waals surface area contributed by atoms with Crippen LogP contribution < -0.4 is 10.6 Å². The van der Waals surface area contributed by atoms with Crippen molar-refractivity contribution in [1.82, 2.24) is 4.98 Å². The van der Waals surface area contributed by atoms with E-state index < -0.39 is 0 Å². The van der Waals surface area contributed by atoms with Crippen LogP contribution in [0.25, 0.3) is 0 Å². The zero-order valence-corrected chi connectivity index (χ0v) is 11.6. The lowest BCUT2D eigenvalue weighted by Gasteiger charge is -2.09. The van der Waals surface area contributed by atoms with Gasteiger partial charge >= 0.3 is 0 Å². The molecule has 0 amide bonds. The van der Waals surface area contributed by atoms with E-state index in [1.807, 2.05) is 12.4 Å². The summed E-state index contributed by atoms with van der Waals surface area (Å²) >= 11 is 0. The molecular weight excluding hydrogens is 234 g/mol. The monoisotopic (exact) mass is 255 g/mol. The molecule has 0 fully saturated rings. The summed E-state index contributed by atoms with van der Waals surface area (Å²) < 4.78 is 0. The van der Waals surface area contributed by atoms with Crippen LogP contribution in [0, 0.1) is 0 Å². The molecule has 19 heavy (non-hydrogen) atoms. The smallest absolute Gasteiger partial charge is 0.0550 e. The standard InChI is InChI=1S/C16H21N3/c1-3-13-5-7-14(8-6-13)10-19-16-9-15(18-4-2)11-17-12-16/h5-9,11-12,18-19H,3-4,10H2,1-2H3. The fourth-order valence-corrected chi connectivity index (χ4v) is 1.93. The molecule has 0 unspecified atom stereocenters. The lowest BCUT2D eigenvalue weighted by atomic mass is 10.1. The summed E-state index contributed by atoms with van der Waals surface area (Å²) in [7, 11) is 0. The van der Waals surface area contributed by atoms with Crippen molar-refractivity contribution in [1.29, 1.82) is 0 Å². The normalized spacial score (nSPS) is 10.2. The maximum absolute atomic E-state index is 4.22. The Kier molecular flexibility index (Phi) is 4.78. The van der Waals surface area contributed by atoms with E-state index in [2.05, 4.69) is 59.8 Å². The number of aromatic nitrogens is 1. The van der Waals surface area contributed by atoms with Crippen molar-refractivity contribution in [3.63, 3.8) is 0 Å². The predicted octanol–water partition coefficient (Wildman–Crippen LogP) is 3.69. The Labute approximate surface area is 115 Å². The van der Waals surface area contributed by atoms with Crippen molar-refractivity contribution in [2.24, 2.45) is 0 Å². The topological polar surface area (TPSA) is 37.0 Å². The van der Waals surface area contributed by atoms with E-state index in [4.69, 9.17) is 0 Å². The van der Waals surface area contributed by atoms with Crippen molar-refractivity contribution >= 4 is 11.4 Å². The zero-order chi connectivity index (χ0) is 13.5. The van der Waals surface area contributed by atoms with Crippen molar-refractivity contribution < 1.29 is 0 Å². The number of nitrogens with zero attached hydrogens (tertiary/aromatic N) is 1. The molecule has 0 radical (unpaired) electrons. The molecule has 0 aliphatic carbocycles. The lowest BCUT2D eigenvalue weighted by Crippen LogP contribution is -2.02. The summed E-state index contributed by atoms with van der Waals surface area (Å²) in [5.74, 6) is 0. The number of pyridine rings is 1. The number of benzene rings is 1. The maximum atomic E-state index is 4.22. The molecule has 0 spiro atoms. The van der Waals surface area contributed by atoms with Gasteiger partial charge in [-0.15, -0.1) is 0 Å². The summed E-state index contributed by atoms with van der Waals surface area (Å²) in [5, 5.41) is 6.65. The number of anilines is 2. The van der Waals surface area contributed by atoms with Gasteiger partial charge in [0.1, 0.15) is 0 Å². The van der Waals surface area contributed by atoms with Gasteiger partial charge in [0.2, 0.25) is 0 Å². The third-order valence-electron chi connectivity index (χ3n) is 3.05. The van der Waals surface area contributed by atoms with E-state index in [0.29, 0.717) is 0 Å². The first-order chi connectivity index (χ1) is 9.31. The van der Waals surface area contributed by atoms with Crippen LogP contribution in [0.5, 0.6) is 0 Å². The van der Waals surface area contributed by atoms with Crippen molar-refractivity contribution in [2.45, 2.75) is 26.8 Å². The van der Waals surface area contributed by atoms with Gasteiger partial charge in [0.05, 0.1) is 23.8 Å². The second-order valence-electron chi connectivity index (χ2n) is 4.52. The molecule has 1 aromatic heterocycles. The number of nitrogens with one attached hydrogen (secondary N) is 2. The van der Waals surface area contributed by atoms with Crippen molar-refractivity contribution in [3.8, 4) is 0 Å². The molecule has 2 rings (SSSR count). The fourth-order valence-electron chi connectivity index (χ4n) is 1.93. The highest BCUT2D eigenvalue weighted by atomic mass is 14.9. The molecule has 3 heteroatoms. The average Bonchev–Trinajstić information content (AvgIpc) is 2.46. The molecule has 0 saturated carbocycles. The molecule has 0 aliphatic heterocycles. The molecule has 2 N–H and O–H groups in total. The first kappa shape index (κ1) is 13.4. The van der Waals surface area contributed by atoms with E-state index in [0.717, 1.165) is 30.9 Å². The maximum Gasteiger partial charge on any atom is 0.0550 e. The molecular formula is C16H21N3. The second kappa shape index (κ2) is 6.78. The Bertz CT molecular complexity index is 506. The summed E-state index contributed by atoms with van der Waals surface area (Å²) in [6, 6.07) is 10.8. The first-order valence-corrected chi connectivity index (χ1v) is 6.82. The Hall–Kier alpha value is -2.03. The summed E-state index contributed by atoms with van der Waals surface area (Å²) in [6.07, 6.45) is 4.77. The molecule has 2 aromatic rings. The van der Waals surface area contributed by atoms with Crippen molar-refractivity contribution in [2.75, 3.05) is 17.2 Å². The summed E-state index contributed by atoms with van der Waals surface area (Å²) in [6.45, 7) is 5.98. The van der Waals surface area contributed by atoms with Gasteiger partial charge in [0.15, 0.2) is 0 Å². The average molecular weight is 255 g/mol. The van der Waals surface area contributed by atoms with Crippen LogP contribution in [0.1, 0.15) is 25.0 Å². The molecule has 0 atom stereocenters. The Morgan fingerprint density at radius 2 is 1.53 bits per heavy atom. The van der Waals surface area contributed by atoms with E-state index in [9.17, 15) is 0 Å². The van der Waals surface area contributed by atoms with Crippen LogP contribution >= 0.6 is 0 Å². The van der Waals surface area contributed by atoms with Crippen LogP contribution in [-0.4, -0.2) is 11.5 Å². The van der Waals surface area contributed by atoms with Gasteiger partial charge in [0.25, 0.3) is 0 Å². The predicted molar refractivity (Wildman–Crippen MR) is 81.5 cm³/mol. The SMILES string of the molecule is CCNc1cncc(NCc2ccc(CC)cc2)c1. The number of hydrogen-bond acceptors (Lipinski definition) is 3. The molecule has 3 nitrogen and oxygen atoms in total. The van der Waals surface area contributed by atoms with Crippen LogP contribution in [0.3, 0.4) is 0 Å². The third-order valence-corrected chi connectivity index (χ3v) is 3.05. The molecule has 0 bridgehead atoms. The van der Waals surface area contributed by atoms with Gasteiger partial charge in [0, 0.05) is 13.1 Å². The van der Waals surface area contributed by atoms with Gasteiger partial charge in [-0.1, -0.05) is 31.2 Å². The van der Waals surface area contributed by atoms with Gasteiger partial charge < -0.3 is 10.6 Å². The zero-order valence-electron chi connectivity index (χ0n) is 11.6. The summed E-state index contributed by atoms with van der Waals surface area (Å²) in [4.78, 5) is 4.22. The third kappa shape index (κ3) is 3.98. The van der Waals surface area contributed by atoms with Crippen LogP contribution in [0.15, 0.2) is 42.7 Å². The molecule has 1 heterocycles. The van der Waals surface area contributed by atoms with E-state index in [-0.39, 0.29) is 0 Å². The largest absolute Gasteiger partial charge is 0.384 e.